The number of halogens is 2. The van der Waals surface area contributed by atoms with Crippen LogP contribution >= 0.6 is 0 Å². The van der Waals surface area contributed by atoms with Crippen LogP contribution in [0.4, 0.5) is 8.78 Å². The van der Waals surface area contributed by atoms with Crippen molar-refractivity contribution in [3.63, 3.8) is 0 Å². The van der Waals surface area contributed by atoms with E-state index in [1.807, 2.05) is 0 Å². The van der Waals surface area contributed by atoms with E-state index in [2.05, 4.69) is 15.2 Å². The Morgan fingerprint density at radius 2 is 2.09 bits per heavy atom. The molecule has 0 aliphatic carbocycles. The predicted octanol–water partition coefficient (Wildman–Crippen LogP) is 2.05. The minimum Gasteiger partial charge on any atom is -0.384 e. The topological polar surface area (TPSA) is 36.9 Å². The smallest absolute Gasteiger partial charge is 0.193 e. The quantitative estimate of drug-likeness (QED) is 0.668. The molecule has 1 fully saturated rings. The summed E-state index contributed by atoms with van der Waals surface area (Å²) in [5.74, 6) is 0.277. The summed E-state index contributed by atoms with van der Waals surface area (Å²) < 4.78 is 31.5. The lowest BCUT2D eigenvalue weighted by molar-refractivity contribution is 0.157. The first kappa shape index (κ1) is 16.7. The molecule has 1 atom stereocenters. The number of methoxy groups -OCH3 is 1. The molecule has 1 unspecified atom stereocenters. The Morgan fingerprint density at radius 1 is 1.36 bits per heavy atom. The molecular weight excluding hydrogens is 288 g/mol. The molecule has 122 valence electrons. The lowest BCUT2D eigenvalue weighted by Crippen LogP contribution is -2.41. The number of nitrogens with one attached hydrogen (secondary N) is 1. The highest BCUT2D eigenvalue weighted by Gasteiger charge is 2.24. The summed E-state index contributed by atoms with van der Waals surface area (Å²) in [5, 5.41) is 3.25. The molecule has 0 radical (unpaired) electrons. The molecule has 1 N–H and O–H groups in total. The van der Waals surface area contributed by atoms with Crippen molar-refractivity contribution in [1.82, 2.24) is 10.2 Å². The summed E-state index contributed by atoms with van der Waals surface area (Å²) in [6.45, 7) is 3.21. The van der Waals surface area contributed by atoms with Crippen LogP contribution in [0.1, 0.15) is 12.0 Å². The number of nitrogens with zero attached hydrogens (tertiary/aromatic N) is 2. The molecule has 1 aromatic rings. The molecule has 1 saturated heterocycles. The number of aliphatic imine (C=N–C) groups is 1. The van der Waals surface area contributed by atoms with Gasteiger partial charge in [-0.15, -0.1) is 0 Å². The van der Waals surface area contributed by atoms with E-state index in [1.165, 1.54) is 12.1 Å². The maximum atomic E-state index is 13.1. The average Bonchev–Trinajstić information content (AvgIpc) is 2.91. The minimum absolute atomic E-state index is 0.529. The van der Waals surface area contributed by atoms with Crippen molar-refractivity contribution >= 4 is 5.96 Å². The SMILES string of the molecule is CN=C(NCCc1cc(F)cc(F)c1)N1CCC(COC)C1. The van der Waals surface area contributed by atoms with Gasteiger partial charge in [0.2, 0.25) is 0 Å². The van der Waals surface area contributed by atoms with E-state index in [1.54, 1.807) is 14.2 Å². The van der Waals surface area contributed by atoms with Crippen molar-refractivity contribution in [2.75, 3.05) is 40.4 Å². The van der Waals surface area contributed by atoms with E-state index >= 15 is 0 Å². The normalized spacial score (nSPS) is 18.8. The number of guanidine groups is 1. The van der Waals surface area contributed by atoms with E-state index in [0.717, 1.165) is 38.1 Å². The fourth-order valence-corrected chi connectivity index (χ4v) is 2.80. The van der Waals surface area contributed by atoms with Gasteiger partial charge in [0.05, 0.1) is 6.61 Å². The molecule has 0 amide bonds. The molecule has 0 spiro atoms. The van der Waals surface area contributed by atoms with E-state index in [4.69, 9.17) is 4.74 Å². The molecule has 1 aliphatic heterocycles. The molecule has 1 aromatic carbocycles. The first-order valence-corrected chi connectivity index (χ1v) is 7.52. The van der Waals surface area contributed by atoms with Gasteiger partial charge in [-0.25, -0.2) is 8.78 Å². The Bertz CT molecular complexity index is 502. The molecule has 2 rings (SSSR count). The largest absolute Gasteiger partial charge is 0.384 e. The number of likely N-dealkylation sites (tertiary alicyclic amines) is 1. The van der Waals surface area contributed by atoms with Crippen molar-refractivity contribution in [3.05, 3.63) is 35.4 Å². The lowest BCUT2D eigenvalue weighted by atomic mass is 10.1. The van der Waals surface area contributed by atoms with Crippen LogP contribution in [0.15, 0.2) is 23.2 Å². The van der Waals surface area contributed by atoms with Crippen molar-refractivity contribution in [1.29, 1.82) is 0 Å². The second-order valence-electron chi connectivity index (χ2n) is 5.56. The van der Waals surface area contributed by atoms with Gasteiger partial charge in [0, 0.05) is 45.8 Å². The van der Waals surface area contributed by atoms with Crippen LogP contribution < -0.4 is 5.32 Å². The van der Waals surface area contributed by atoms with Crippen LogP contribution in [0, 0.1) is 17.6 Å². The van der Waals surface area contributed by atoms with Gasteiger partial charge in [0.1, 0.15) is 11.6 Å². The summed E-state index contributed by atoms with van der Waals surface area (Å²) in [4.78, 5) is 6.46. The molecule has 1 heterocycles. The standard InChI is InChI=1S/C16H23F2N3O/c1-19-16(21-6-4-13(10-21)11-22-2)20-5-3-12-7-14(17)9-15(18)8-12/h7-9,13H,3-6,10-11H2,1-2H3,(H,19,20). The van der Waals surface area contributed by atoms with E-state index in [-0.39, 0.29) is 0 Å². The van der Waals surface area contributed by atoms with Crippen LogP contribution in [0.2, 0.25) is 0 Å². The van der Waals surface area contributed by atoms with Crippen molar-refractivity contribution in [3.8, 4) is 0 Å². The fourth-order valence-electron chi connectivity index (χ4n) is 2.80. The Balaban J connectivity index is 1.82. The zero-order chi connectivity index (χ0) is 15.9. The van der Waals surface area contributed by atoms with Gasteiger partial charge in [0.15, 0.2) is 5.96 Å². The third-order valence-electron chi connectivity index (χ3n) is 3.82. The molecule has 22 heavy (non-hydrogen) atoms. The van der Waals surface area contributed by atoms with Crippen LogP contribution in [0.5, 0.6) is 0 Å². The zero-order valence-corrected chi connectivity index (χ0v) is 13.1. The Labute approximate surface area is 130 Å². The molecular formula is C16H23F2N3O. The highest BCUT2D eigenvalue weighted by atomic mass is 19.1. The van der Waals surface area contributed by atoms with Gasteiger partial charge in [-0.1, -0.05) is 0 Å². The summed E-state index contributed by atoms with van der Waals surface area (Å²) in [5.41, 5.74) is 0.638. The third kappa shape index (κ3) is 4.66. The van der Waals surface area contributed by atoms with Crippen molar-refractivity contribution in [2.45, 2.75) is 12.8 Å². The third-order valence-corrected chi connectivity index (χ3v) is 3.82. The van der Waals surface area contributed by atoms with Gasteiger partial charge >= 0.3 is 0 Å². The van der Waals surface area contributed by atoms with Gasteiger partial charge in [-0.05, 0) is 30.5 Å². The predicted molar refractivity (Wildman–Crippen MR) is 83.0 cm³/mol. The van der Waals surface area contributed by atoms with E-state index in [0.29, 0.717) is 24.4 Å². The molecule has 0 saturated carbocycles. The minimum atomic E-state index is -0.540. The van der Waals surface area contributed by atoms with E-state index in [9.17, 15) is 8.78 Å². The van der Waals surface area contributed by atoms with Gasteiger partial charge < -0.3 is 15.0 Å². The number of ether oxygens (including phenoxy) is 1. The van der Waals surface area contributed by atoms with Gasteiger partial charge in [0.25, 0.3) is 0 Å². The van der Waals surface area contributed by atoms with Gasteiger partial charge in [-0.3, -0.25) is 4.99 Å². The number of hydrogen-bond acceptors (Lipinski definition) is 2. The fraction of sp³-hybridized carbons (Fsp3) is 0.562. The molecule has 1 aliphatic rings. The summed E-state index contributed by atoms with van der Waals surface area (Å²) >= 11 is 0. The Hall–Kier alpha value is -1.69. The highest BCUT2D eigenvalue weighted by molar-refractivity contribution is 5.80. The second kappa shape index (κ2) is 8.08. The monoisotopic (exact) mass is 311 g/mol. The first-order valence-electron chi connectivity index (χ1n) is 7.52. The highest BCUT2D eigenvalue weighted by Crippen LogP contribution is 2.16. The Morgan fingerprint density at radius 3 is 2.73 bits per heavy atom. The second-order valence-corrected chi connectivity index (χ2v) is 5.56. The summed E-state index contributed by atoms with van der Waals surface area (Å²) in [7, 11) is 3.46. The molecule has 4 nitrogen and oxygen atoms in total. The summed E-state index contributed by atoms with van der Waals surface area (Å²) in [6.07, 6.45) is 1.63. The van der Waals surface area contributed by atoms with Crippen LogP contribution in [0.3, 0.4) is 0 Å². The maximum Gasteiger partial charge on any atom is 0.193 e. The van der Waals surface area contributed by atoms with E-state index < -0.39 is 11.6 Å². The molecule has 6 heteroatoms. The first-order chi connectivity index (χ1) is 10.6. The summed E-state index contributed by atoms with van der Waals surface area (Å²) in [6, 6.07) is 3.60. The molecule has 0 aromatic heterocycles. The zero-order valence-electron chi connectivity index (χ0n) is 13.1. The van der Waals surface area contributed by atoms with Crippen LogP contribution in [-0.4, -0.2) is 51.3 Å². The number of rotatable bonds is 5. The maximum absolute atomic E-state index is 13.1. The van der Waals surface area contributed by atoms with Crippen molar-refractivity contribution in [2.24, 2.45) is 10.9 Å². The molecule has 0 bridgehead atoms. The lowest BCUT2D eigenvalue weighted by Gasteiger charge is -2.21. The van der Waals surface area contributed by atoms with Crippen molar-refractivity contribution < 1.29 is 13.5 Å². The average molecular weight is 311 g/mol. The van der Waals surface area contributed by atoms with Crippen LogP contribution in [0.25, 0.3) is 0 Å². The Kier molecular flexibility index (Phi) is 6.12. The van der Waals surface area contributed by atoms with Gasteiger partial charge in [-0.2, -0.15) is 0 Å². The number of benzene rings is 1. The number of hydrogen-bond donors (Lipinski definition) is 1. The van der Waals surface area contributed by atoms with Crippen LogP contribution in [-0.2, 0) is 11.2 Å².